The number of fused-ring (bicyclic) bond motifs is 1. The SMILES string of the molecule is CC(C)(C)c1cc(NC(=O)Nc2cccc(F)c2F)n(-c2ccc3c(c2)CCN3)n1.Cl. The van der Waals surface area contributed by atoms with Crippen molar-refractivity contribution in [3.8, 4) is 5.69 Å². The molecular weight excluding hydrogens is 424 g/mol. The monoisotopic (exact) mass is 447 g/mol. The number of nitrogens with one attached hydrogen (secondary N) is 3. The number of urea groups is 1. The summed E-state index contributed by atoms with van der Waals surface area (Å²) in [5, 5.41) is 13.1. The van der Waals surface area contributed by atoms with Crippen molar-refractivity contribution in [2.24, 2.45) is 0 Å². The van der Waals surface area contributed by atoms with Crippen LogP contribution in [0.4, 0.5) is 30.8 Å². The summed E-state index contributed by atoms with van der Waals surface area (Å²) in [5.74, 6) is -1.71. The van der Waals surface area contributed by atoms with Crippen LogP contribution in [-0.2, 0) is 11.8 Å². The summed E-state index contributed by atoms with van der Waals surface area (Å²) in [6.07, 6.45) is 0.915. The molecule has 164 valence electrons. The van der Waals surface area contributed by atoms with Crippen molar-refractivity contribution in [1.29, 1.82) is 0 Å². The second-order valence-electron chi connectivity index (χ2n) is 8.28. The lowest BCUT2D eigenvalue weighted by molar-refractivity contribution is 0.262. The number of hydrogen-bond acceptors (Lipinski definition) is 3. The number of benzene rings is 2. The van der Waals surface area contributed by atoms with E-state index in [-0.39, 0.29) is 23.5 Å². The van der Waals surface area contributed by atoms with Gasteiger partial charge in [0.1, 0.15) is 5.82 Å². The van der Waals surface area contributed by atoms with E-state index in [2.05, 4.69) is 21.0 Å². The van der Waals surface area contributed by atoms with Crippen LogP contribution in [0.15, 0.2) is 42.5 Å². The topological polar surface area (TPSA) is 71.0 Å². The van der Waals surface area contributed by atoms with Crippen molar-refractivity contribution in [3.63, 3.8) is 0 Å². The van der Waals surface area contributed by atoms with Crippen molar-refractivity contribution in [1.82, 2.24) is 9.78 Å². The molecular formula is C22H24ClF2N5O. The molecule has 3 aromatic rings. The van der Waals surface area contributed by atoms with Gasteiger partial charge in [-0.15, -0.1) is 12.4 Å². The summed E-state index contributed by atoms with van der Waals surface area (Å²) in [6, 6.07) is 10.7. The van der Waals surface area contributed by atoms with Gasteiger partial charge in [0.25, 0.3) is 0 Å². The molecule has 0 radical (unpaired) electrons. The number of carbonyl (C=O) groups excluding carboxylic acids is 1. The molecule has 4 rings (SSSR count). The van der Waals surface area contributed by atoms with Crippen LogP contribution in [0.2, 0.25) is 0 Å². The number of amides is 2. The number of anilines is 3. The normalized spacial score (nSPS) is 12.5. The Labute approximate surface area is 185 Å². The fourth-order valence-corrected chi connectivity index (χ4v) is 3.33. The lowest BCUT2D eigenvalue weighted by atomic mass is 9.92. The Hall–Kier alpha value is -3.13. The molecule has 2 aromatic carbocycles. The first-order valence-electron chi connectivity index (χ1n) is 9.72. The Bertz CT molecular complexity index is 1120. The predicted octanol–water partition coefficient (Wildman–Crippen LogP) is 5.48. The van der Waals surface area contributed by atoms with Gasteiger partial charge in [0.15, 0.2) is 11.6 Å². The highest BCUT2D eigenvalue weighted by Gasteiger charge is 2.22. The van der Waals surface area contributed by atoms with Crippen molar-refractivity contribution in [3.05, 3.63) is 65.4 Å². The highest BCUT2D eigenvalue weighted by molar-refractivity contribution is 5.99. The minimum absolute atomic E-state index is 0. The Morgan fingerprint density at radius 1 is 1.13 bits per heavy atom. The van der Waals surface area contributed by atoms with Crippen LogP contribution in [0.3, 0.4) is 0 Å². The summed E-state index contributed by atoms with van der Waals surface area (Å²) in [7, 11) is 0. The van der Waals surface area contributed by atoms with E-state index in [9.17, 15) is 13.6 Å². The summed E-state index contributed by atoms with van der Waals surface area (Å²) >= 11 is 0. The number of rotatable bonds is 3. The molecule has 6 nitrogen and oxygen atoms in total. The first-order chi connectivity index (χ1) is 14.2. The lowest BCUT2D eigenvalue weighted by Gasteiger charge is -2.14. The Balaban J connectivity index is 0.00000272. The third-order valence-electron chi connectivity index (χ3n) is 4.96. The Kier molecular flexibility index (Phi) is 6.22. The average molecular weight is 448 g/mol. The minimum atomic E-state index is -1.11. The molecule has 0 aliphatic carbocycles. The molecule has 0 unspecified atom stereocenters. The number of aromatic nitrogens is 2. The minimum Gasteiger partial charge on any atom is -0.384 e. The maximum atomic E-state index is 13.9. The van der Waals surface area contributed by atoms with Crippen LogP contribution in [0.25, 0.3) is 5.69 Å². The highest BCUT2D eigenvalue weighted by Crippen LogP contribution is 2.29. The lowest BCUT2D eigenvalue weighted by Crippen LogP contribution is -2.22. The van der Waals surface area contributed by atoms with Crippen molar-refractivity contribution in [2.75, 3.05) is 22.5 Å². The van der Waals surface area contributed by atoms with E-state index in [1.54, 1.807) is 10.7 Å². The molecule has 0 spiro atoms. The largest absolute Gasteiger partial charge is 0.384 e. The summed E-state index contributed by atoms with van der Waals surface area (Å²) < 4.78 is 29.0. The molecule has 2 heterocycles. The van der Waals surface area contributed by atoms with E-state index in [0.717, 1.165) is 36.1 Å². The Morgan fingerprint density at radius 3 is 2.65 bits per heavy atom. The molecule has 2 amide bonds. The molecule has 1 aliphatic rings. The molecule has 9 heteroatoms. The molecule has 31 heavy (non-hydrogen) atoms. The van der Waals surface area contributed by atoms with Gasteiger partial charge in [-0.1, -0.05) is 26.8 Å². The predicted molar refractivity (Wildman–Crippen MR) is 121 cm³/mol. The molecule has 0 atom stereocenters. The molecule has 1 aromatic heterocycles. The van der Waals surface area contributed by atoms with Gasteiger partial charge in [0.2, 0.25) is 0 Å². The number of hydrogen-bond donors (Lipinski definition) is 3. The third kappa shape index (κ3) is 4.64. The van der Waals surface area contributed by atoms with Crippen molar-refractivity contribution in [2.45, 2.75) is 32.6 Å². The van der Waals surface area contributed by atoms with Gasteiger partial charge in [-0.05, 0) is 42.3 Å². The van der Waals surface area contributed by atoms with Gasteiger partial charge >= 0.3 is 6.03 Å². The van der Waals surface area contributed by atoms with Crippen molar-refractivity contribution >= 4 is 35.6 Å². The quantitative estimate of drug-likeness (QED) is 0.497. The van der Waals surface area contributed by atoms with E-state index in [0.29, 0.717) is 5.82 Å². The summed E-state index contributed by atoms with van der Waals surface area (Å²) in [6.45, 7) is 6.96. The van der Waals surface area contributed by atoms with Gasteiger partial charge in [-0.2, -0.15) is 5.10 Å². The second kappa shape index (κ2) is 8.55. The van der Waals surface area contributed by atoms with Crippen LogP contribution in [0.1, 0.15) is 32.0 Å². The maximum absolute atomic E-state index is 13.9. The van der Waals surface area contributed by atoms with Crippen molar-refractivity contribution < 1.29 is 13.6 Å². The zero-order valence-electron chi connectivity index (χ0n) is 17.4. The molecule has 0 bridgehead atoms. The highest BCUT2D eigenvalue weighted by atomic mass is 35.5. The number of nitrogens with zero attached hydrogens (tertiary/aromatic N) is 2. The van der Waals surface area contributed by atoms with Crippen LogP contribution >= 0.6 is 12.4 Å². The van der Waals surface area contributed by atoms with Crippen LogP contribution in [0, 0.1) is 11.6 Å². The van der Waals surface area contributed by atoms with E-state index >= 15 is 0 Å². The van der Waals surface area contributed by atoms with E-state index in [1.165, 1.54) is 17.7 Å². The van der Waals surface area contributed by atoms with Crippen LogP contribution < -0.4 is 16.0 Å². The number of carbonyl (C=O) groups is 1. The van der Waals surface area contributed by atoms with Crippen LogP contribution in [0.5, 0.6) is 0 Å². The first kappa shape index (κ1) is 22.6. The van der Waals surface area contributed by atoms with Gasteiger partial charge in [-0.25, -0.2) is 18.3 Å². The zero-order chi connectivity index (χ0) is 21.5. The molecule has 3 N–H and O–H groups in total. The fraction of sp³-hybridized carbons (Fsp3) is 0.273. The maximum Gasteiger partial charge on any atom is 0.324 e. The second-order valence-corrected chi connectivity index (χ2v) is 8.28. The average Bonchev–Trinajstić information content (AvgIpc) is 3.31. The fourth-order valence-electron chi connectivity index (χ4n) is 3.33. The van der Waals surface area contributed by atoms with Gasteiger partial charge in [0.05, 0.1) is 17.1 Å². The molecule has 0 fully saturated rings. The first-order valence-corrected chi connectivity index (χ1v) is 9.72. The Morgan fingerprint density at radius 2 is 1.90 bits per heavy atom. The molecule has 0 saturated carbocycles. The zero-order valence-corrected chi connectivity index (χ0v) is 18.2. The van der Waals surface area contributed by atoms with E-state index < -0.39 is 17.7 Å². The van der Waals surface area contributed by atoms with Gasteiger partial charge in [0, 0.05) is 23.7 Å². The van der Waals surface area contributed by atoms with Crippen LogP contribution in [-0.4, -0.2) is 22.4 Å². The summed E-state index contributed by atoms with van der Waals surface area (Å²) in [4.78, 5) is 12.5. The molecule has 1 aliphatic heterocycles. The molecule has 0 saturated heterocycles. The number of halogens is 3. The van der Waals surface area contributed by atoms with E-state index in [1.807, 2.05) is 39.0 Å². The standard InChI is InChI=1S/C22H23F2N5O.ClH/c1-22(2,3)18-12-19(27-21(30)26-17-6-4-5-15(23)20(17)24)29(28-18)14-7-8-16-13(11-14)9-10-25-16;/h4-8,11-12,25H,9-10H2,1-3H3,(H2,26,27,30);1H. The van der Waals surface area contributed by atoms with Gasteiger partial charge < -0.3 is 10.6 Å². The summed E-state index contributed by atoms with van der Waals surface area (Å²) in [5.41, 5.74) is 3.38. The van der Waals surface area contributed by atoms with E-state index in [4.69, 9.17) is 0 Å². The third-order valence-corrected chi connectivity index (χ3v) is 4.96. The van der Waals surface area contributed by atoms with Gasteiger partial charge in [-0.3, -0.25) is 5.32 Å². The smallest absolute Gasteiger partial charge is 0.324 e.